The summed E-state index contributed by atoms with van der Waals surface area (Å²) in [5.74, 6) is 0.900. The monoisotopic (exact) mass is 395 g/mol. The molecule has 4 rings (SSSR count). The molecule has 1 amide bonds. The number of likely N-dealkylation sites (tertiary alicyclic amines) is 1. The highest BCUT2D eigenvalue weighted by Gasteiger charge is 2.35. The SMILES string of the molecule is Cc1cccc(-c2noc([C@H]3CCCCN3C(=O)[C@@H](Cl)c3ccccc3)n2)c1. The molecule has 1 fully saturated rings. The Morgan fingerprint density at radius 3 is 2.79 bits per heavy atom. The van der Waals surface area contributed by atoms with Crippen molar-refractivity contribution in [3.63, 3.8) is 0 Å². The molecule has 0 saturated carbocycles. The molecule has 2 heterocycles. The number of carbonyl (C=O) groups is 1. The van der Waals surface area contributed by atoms with Crippen LogP contribution in [0.4, 0.5) is 0 Å². The van der Waals surface area contributed by atoms with Gasteiger partial charge in [-0.25, -0.2) is 0 Å². The molecule has 0 radical (unpaired) electrons. The van der Waals surface area contributed by atoms with Crippen molar-refractivity contribution in [2.75, 3.05) is 6.54 Å². The number of amides is 1. The zero-order valence-electron chi connectivity index (χ0n) is 15.7. The lowest BCUT2D eigenvalue weighted by Gasteiger charge is -2.34. The summed E-state index contributed by atoms with van der Waals surface area (Å²) in [7, 11) is 0. The maximum Gasteiger partial charge on any atom is 0.249 e. The third-order valence-electron chi connectivity index (χ3n) is 5.10. The minimum atomic E-state index is -0.721. The Balaban J connectivity index is 1.58. The molecule has 3 aromatic rings. The van der Waals surface area contributed by atoms with Crippen molar-refractivity contribution in [2.24, 2.45) is 0 Å². The number of alkyl halides is 1. The largest absolute Gasteiger partial charge is 0.337 e. The number of rotatable bonds is 4. The van der Waals surface area contributed by atoms with Crippen molar-refractivity contribution in [1.29, 1.82) is 0 Å². The first-order valence-corrected chi connectivity index (χ1v) is 9.97. The van der Waals surface area contributed by atoms with Crippen LogP contribution in [-0.2, 0) is 4.79 Å². The Bertz CT molecular complexity index is 957. The number of nitrogens with zero attached hydrogens (tertiary/aromatic N) is 3. The smallest absolute Gasteiger partial charge is 0.249 e. The zero-order valence-corrected chi connectivity index (χ0v) is 16.5. The van der Waals surface area contributed by atoms with Gasteiger partial charge in [0.05, 0.1) is 0 Å². The molecular formula is C22H22ClN3O2. The second-order valence-corrected chi connectivity index (χ2v) is 7.58. The van der Waals surface area contributed by atoms with Gasteiger partial charge in [-0.2, -0.15) is 4.98 Å². The van der Waals surface area contributed by atoms with Crippen LogP contribution in [0.15, 0.2) is 59.1 Å². The van der Waals surface area contributed by atoms with Crippen LogP contribution < -0.4 is 0 Å². The van der Waals surface area contributed by atoms with Gasteiger partial charge in [-0.05, 0) is 37.8 Å². The van der Waals surface area contributed by atoms with Crippen molar-refractivity contribution >= 4 is 17.5 Å². The number of halogens is 1. The van der Waals surface area contributed by atoms with Crippen LogP contribution in [0.2, 0.25) is 0 Å². The molecule has 0 bridgehead atoms. The van der Waals surface area contributed by atoms with Crippen LogP contribution in [-0.4, -0.2) is 27.5 Å². The summed E-state index contributed by atoms with van der Waals surface area (Å²) >= 11 is 6.50. The highest BCUT2D eigenvalue weighted by atomic mass is 35.5. The second-order valence-electron chi connectivity index (χ2n) is 7.14. The van der Waals surface area contributed by atoms with E-state index in [0.717, 1.165) is 36.0 Å². The van der Waals surface area contributed by atoms with Gasteiger partial charge in [0.2, 0.25) is 17.6 Å². The van der Waals surface area contributed by atoms with Crippen molar-refractivity contribution in [2.45, 2.75) is 37.6 Å². The number of hydrogen-bond acceptors (Lipinski definition) is 4. The number of carbonyl (C=O) groups excluding carboxylic acids is 1. The first kappa shape index (κ1) is 18.7. The van der Waals surface area contributed by atoms with Crippen molar-refractivity contribution in [1.82, 2.24) is 15.0 Å². The van der Waals surface area contributed by atoms with Crippen LogP contribution in [0.5, 0.6) is 0 Å². The molecule has 1 aliphatic rings. The lowest BCUT2D eigenvalue weighted by atomic mass is 10.0. The van der Waals surface area contributed by atoms with Gasteiger partial charge in [-0.3, -0.25) is 4.79 Å². The molecule has 5 nitrogen and oxygen atoms in total. The first-order chi connectivity index (χ1) is 13.6. The fourth-order valence-electron chi connectivity index (χ4n) is 3.63. The lowest BCUT2D eigenvalue weighted by molar-refractivity contribution is -0.135. The van der Waals surface area contributed by atoms with Crippen LogP contribution in [0.1, 0.15) is 47.7 Å². The highest BCUT2D eigenvalue weighted by molar-refractivity contribution is 6.30. The van der Waals surface area contributed by atoms with Crippen molar-refractivity contribution < 1.29 is 9.32 Å². The molecule has 0 N–H and O–H groups in total. The molecule has 2 aromatic carbocycles. The molecule has 0 unspecified atom stereocenters. The van der Waals surface area contributed by atoms with E-state index in [1.165, 1.54) is 0 Å². The Hall–Kier alpha value is -2.66. The molecule has 1 saturated heterocycles. The van der Waals surface area contributed by atoms with E-state index in [9.17, 15) is 4.79 Å². The number of piperidine rings is 1. The number of aryl methyl sites for hydroxylation is 1. The molecule has 6 heteroatoms. The maximum atomic E-state index is 13.1. The Labute approximate surface area is 169 Å². The van der Waals surface area contributed by atoms with E-state index < -0.39 is 5.38 Å². The summed E-state index contributed by atoms with van der Waals surface area (Å²) in [5, 5.41) is 3.42. The van der Waals surface area contributed by atoms with Crippen LogP contribution in [0.3, 0.4) is 0 Å². The van der Waals surface area contributed by atoms with E-state index in [1.54, 1.807) is 4.90 Å². The van der Waals surface area contributed by atoms with Crippen molar-refractivity contribution in [3.8, 4) is 11.4 Å². The van der Waals surface area contributed by atoms with Gasteiger partial charge in [-0.15, -0.1) is 11.6 Å². The summed E-state index contributed by atoms with van der Waals surface area (Å²) in [4.78, 5) is 19.5. The van der Waals surface area contributed by atoms with Crippen LogP contribution in [0.25, 0.3) is 11.4 Å². The van der Waals surface area contributed by atoms with Gasteiger partial charge in [0.1, 0.15) is 11.4 Å². The zero-order chi connectivity index (χ0) is 19.5. The molecular weight excluding hydrogens is 374 g/mol. The van der Waals surface area contributed by atoms with Gasteiger partial charge in [-0.1, -0.05) is 59.3 Å². The lowest BCUT2D eigenvalue weighted by Crippen LogP contribution is -2.40. The summed E-state index contributed by atoms with van der Waals surface area (Å²) < 4.78 is 5.57. The number of hydrogen-bond donors (Lipinski definition) is 0. The van der Waals surface area contributed by atoms with E-state index in [1.807, 2.05) is 61.5 Å². The predicted octanol–water partition coefficient (Wildman–Crippen LogP) is 5.08. The molecule has 0 aliphatic carbocycles. The second kappa shape index (κ2) is 8.15. The summed E-state index contributed by atoms with van der Waals surface area (Å²) in [6, 6.07) is 17.2. The number of aromatic nitrogens is 2. The topological polar surface area (TPSA) is 59.2 Å². The minimum absolute atomic E-state index is 0.118. The molecule has 2 atom stereocenters. The van der Waals surface area contributed by atoms with E-state index in [2.05, 4.69) is 10.1 Å². The summed E-state index contributed by atoms with van der Waals surface area (Å²) in [5.41, 5.74) is 2.83. The average molecular weight is 396 g/mol. The van der Waals surface area contributed by atoms with Gasteiger partial charge in [0.15, 0.2) is 0 Å². The van der Waals surface area contributed by atoms with E-state index in [4.69, 9.17) is 16.1 Å². The Kier molecular flexibility index (Phi) is 5.44. The molecule has 1 aliphatic heterocycles. The third-order valence-corrected chi connectivity index (χ3v) is 5.54. The van der Waals surface area contributed by atoms with E-state index >= 15 is 0 Å². The van der Waals surface area contributed by atoms with E-state index in [-0.39, 0.29) is 11.9 Å². The van der Waals surface area contributed by atoms with Crippen molar-refractivity contribution in [3.05, 3.63) is 71.6 Å². The third kappa shape index (κ3) is 3.80. The molecule has 1 aromatic heterocycles. The first-order valence-electron chi connectivity index (χ1n) is 9.53. The molecule has 144 valence electrons. The minimum Gasteiger partial charge on any atom is -0.337 e. The summed E-state index contributed by atoms with van der Waals surface area (Å²) in [6.07, 6.45) is 2.74. The van der Waals surface area contributed by atoms with Gasteiger partial charge in [0, 0.05) is 12.1 Å². The van der Waals surface area contributed by atoms with Crippen LogP contribution >= 0.6 is 11.6 Å². The summed E-state index contributed by atoms with van der Waals surface area (Å²) in [6.45, 7) is 2.66. The molecule has 0 spiro atoms. The standard InChI is InChI=1S/C22H22ClN3O2/c1-15-8-7-11-17(14-15)20-24-21(28-25-20)18-12-5-6-13-26(18)22(27)19(23)16-9-3-2-4-10-16/h2-4,7-11,14,18-19H,5-6,12-13H2,1H3/t18-,19+/m1/s1. The predicted molar refractivity (Wildman–Crippen MR) is 108 cm³/mol. The van der Waals surface area contributed by atoms with Crippen LogP contribution in [0, 0.1) is 6.92 Å². The van der Waals surface area contributed by atoms with Gasteiger partial charge >= 0.3 is 0 Å². The molecule has 28 heavy (non-hydrogen) atoms. The van der Waals surface area contributed by atoms with Gasteiger partial charge < -0.3 is 9.42 Å². The number of benzene rings is 2. The maximum absolute atomic E-state index is 13.1. The fourth-order valence-corrected chi connectivity index (χ4v) is 3.91. The normalized spacial score (nSPS) is 18.1. The van der Waals surface area contributed by atoms with Gasteiger partial charge in [0.25, 0.3) is 0 Å². The Morgan fingerprint density at radius 1 is 1.18 bits per heavy atom. The highest BCUT2D eigenvalue weighted by Crippen LogP contribution is 2.35. The average Bonchev–Trinajstić information content (AvgIpc) is 3.23. The quantitative estimate of drug-likeness (QED) is 0.578. The Morgan fingerprint density at radius 2 is 2.00 bits per heavy atom. The van der Waals surface area contributed by atoms with E-state index in [0.29, 0.717) is 18.3 Å². The fraction of sp³-hybridized carbons (Fsp3) is 0.318.